The van der Waals surface area contributed by atoms with Gasteiger partial charge in [-0.15, -0.1) is 0 Å². The molecule has 2 saturated heterocycles. The summed E-state index contributed by atoms with van der Waals surface area (Å²) in [6, 6.07) is 8.78. The van der Waals surface area contributed by atoms with E-state index in [1.807, 2.05) is 29.2 Å². The number of nitrogens with one attached hydrogen (secondary N) is 1. The summed E-state index contributed by atoms with van der Waals surface area (Å²) in [6.45, 7) is 1.71. The smallest absolute Gasteiger partial charge is 0.255 e. The number of hydrogen-bond donors (Lipinski definition) is 1. The van der Waals surface area contributed by atoms with E-state index in [4.69, 9.17) is 0 Å². The molecular weight excluding hydrogens is 292 g/mol. The van der Waals surface area contributed by atoms with Crippen molar-refractivity contribution >= 4 is 21.8 Å². The molecule has 1 aromatic rings. The van der Waals surface area contributed by atoms with Crippen LogP contribution in [0.15, 0.2) is 28.7 Å². The van der Waals surface area contributed by atoms with E-state index in [-0.39, 0.29) is 5.91 Å². The van der Waals surface area contributed by atoms with Gasteiger partial charge in [-0.3, -0.25) is 4.79 Å². The third-order valence-electron chi connectivity index (χ3n) is 3.91. The fourth-order valence-electron chi connectivity index (χ4n) is 2.93. The van der Waals surface area contributed by atoms with E-state index in [9.17, 15) is 4.79 Å². The molecule has 2 fully saturated rings. The summed E-state index contributed by atoms with van der Waals surface area (Å²) in [7, 11) is 0. The molecule has 0 aliphatic carbocycles. The van der Waals surface area contributed by atoms with Gasteiger partial charge in [-0.05, 0) is 47.3 Å². The van der Waals surface area contributed by atoms with Crippen molar-refractivity contribution in [3.8, 4) is 0 Å². The second-order valence-corrected chi connectivity index (χ2v) is 6.01. The molecular formula is C14H17BrN2O. The Kier molecular flexibility index (Phi) is 3.39. The van der Waals surface area contributed by atoms with Gasteiger partial charge in [-0.25, -0.2) is 0 Å². The first-order chi connectivity index (χ1) is 8.74. The van der Waals surface area contributed by atoms with Crippen molar-refractivity contribution in [2.45, 2.75) is 31.3 Å². The average Bonchev–Trinajstić information content (AvgIpc) is 2.69. The largest absolute Gasteiger partial charge is 0.337 e. The fourth-order valence-corrected chi connectivity index (χ4v) is 3.39. The van der Waals surface area contributed by atoms with E-state index in [1.54, 1.807) is 0 Å². The highest BCUT2D eigenvalue weighted by Gasteiger charge is 2.31. The summed E-state index contributed by atoms with van der Waals surface area (Å²) in [5.41, 5.74) is 0.773. The van der Waals surface area contributed by atoms with Gasteiger partial charge < -0.3 is 10.2 Å². The summed E-state index contributed by atoms with van der Waals surface area (Å²) >= 11 is 3.46. The van der Waals surface area contributed by atoms with Crippen molar-refractivity contribution in [1.82, 2.24) is 10.2 Å². The van der Waals surface area contributed by atoms with Crippen LogP contribution in [0.2, 0.25) is 0 Å². The van der Waals surface area contributed by atoms with Crippen molar-refractivity contribution in [2.24, 2.45) is 0 Å². The number of likely N-dealkylation sites (tertiary alicyclic amines) is 1. The van der Waals surface area contributed by atoms with Crippen LogP contribution in [0.5, 0.6) is 0 Å². The second-order valence-electron chi connectivity index (χ2n) is 5.16. The average molecular weight is 309 g/mol. The lowest BCUT2D eigenvalue weighted by Crippen LogP contribution is -2.39. The Labute approximate surface area is 116 Å². The van der Waals surface area contributed by atoms with Gasteiger partial charge in [0.15, 0.2) is 0 Å². The molecule has 1 N–H and O–H groups in total. The van der Waals surface area contributed by atoms with Gasteiger partial charge in [0.05, 0.1) is 5.56 Å². The Balaban J connectivity index is 1.78. The first kappa shape index (κ1) is 12.2. The molecule has 3 nitrogen and oxygen atoms in total. The maximum Gasteiger partial charge on any atom is 0.255 e. The minimum atomic E-state index is 0.150. The summed E-state index contributed by atoms with van der Waals surface area (Å²) in [6.07, 6.45) is 3.54. The molecule has 1 amide bonds. The third-order valence-corrected chi connectivity index (χ3v) is 4.61. The van der Waals surface area contributed by atoms with Crippen LogP contribution in [0.1, 0.15) is 29.6 Å². The molecule has 0 spiro atoms. The molecule has 0 radical (unpaired) electrons. The lowest BCUT2D eigenvalue weighted by Gasteiger charge is -2.24. The molecule has 1 aromatic carbocycles. The van der Waals surface area contributed by atoms with Gasteiger partial charge >= 0.3 is 0 Å². The van der Waals surface area contributed by atoms with Gasteiger partial charge in [-0.2, -0.15) is 0 Å². The van der Waals surface area contributed by atoms with Gasteiger partial charge in [0.2, 0.25) is 0 Å². The zero-order valence-corrected chi connectivity index (χ0v) is 11.8. The maximum atomic E-state index is 12.5. The SMILES string of the molecule is O=C(c1ccccc1Br)N1CCC2CCC(C1)N2. The van der Waals surface area contributed by atoms with Gasteiger partial charge in [0, 0.05) is 29.6 Å². The van der Waals surface area contributed by atoms with Crippen LogP contribution < -0.4 is 5.32 Å². The van der Waals surface area contributed by atoms with Crippen molar-refractivity contribution < 1.29 is 4.79 Å². The molecule has 0 aromatic heterocycles. The summed E-state index contributed by atoms with van der Waals surface area (Å²) < 4.78 is 0.886. The van der Waals surface area contributed by atoms with Crippen LogP contribution >= 0.6 is 15.9 Å². The summed E-state index contributed by atoms with van der Waals surface area (Å²) in [5, 5.41) is 3.60. The Morgan fingerprint density at radius 1 is 1.22 bits per heavy atom. The zero-order valence-electron chi connectivity index (χ0n) is 10.2. The van der Waals surface area contributed by atoms with Crippen molar-refractivity contribution in [1.29, 1.82) is 0 Å². The molecule has 2 aliphatic rings. The molecule has 2 aliphatic heterocycles. The van der Waals surface area contributed by atoms with Gasteiger partial charge in [-0.1, -0.05) is 12.1 Å². The van der Waals surface area contributed by atoms with Gasteiger partial charge in [0.1, 0.15) is 0 Å². The number of benzene rings is 1. The van der Waals surface area contributed by atoms with Gasteiger partial charge in [0.25, 0.3) is 5.91 Å². The van der Waals surface area contributed by atoms with Crippen LogP contribution in [-0.2, 0) is 0 Å². The number of amides is 1. The molecule has 3 rings (SSSR count). The molecule has 2 heterocycles. The molecule has 2 atom stereocenters. The van der Waals surface area contributed by atoms with Crippen LogP contribution in [0.3, 0.4) is 0 Å². The normalized spacial score (nSPS) is 27.1. The lowest BCUT2D eigenvalue weighted by atomic mass is 10.1. The predicted octanol–water partition coefficient (Wildman–Crippen LogP) is 2.42. The molecule has 96 valence electrons. The highest BCUT2D eigenvalue weighted by Crippen LogP contribution is 2.23. The van der Waals surface area contributed by atoms with Crippen molar-refractivity contribution in [3.63, 3.8) is 0 Å². The lowest BCUT2D eigenvalue weighted by molar-refractivity contribution is 0.0747. The highest BCUT2D eigenvalue weighted by molar-refractivity contribution is 9.10. The molecule has 18 heavy (non-hydrogen) atoms. The number of nitrogens with zero attached hydrogens (tertiary/aromatic N) is 1. The number of fused-ring (bicyclic) bond motifs is 2. The van der Waals surface area contributed by atoms with Crippen LogP contribution in [-0.4, -0.2) is 36.0 Å². The number of carbonyl (C=O) groups excluding carboxylic acids is 1. The monoisotopic (exact) mass is 308 g/mol. The Morgan fingerprint density at radius 3 is 2.83 bits per heavy atom. The van der Waals surface area contributed by atoms with Crippen LogP contribution in [0.25, 0.3) is 0 Å². The van der Waals surface area contributed by atoms with E-state index in [1.165, 1.54) is 12.8 Å². The first-order valence-corrected chi connectivity index (χ1v) is 7.33. The Hall–Kier alpha value is -0.870. The Bertz CT molecular complexity index is 463. The quantitative estimate of drug-likeness (QED) is 0.864. The Morgan fingerprint density at radius 2 is 2.00 bits per heavy atom. The molecule has 2 unspecified atom stereocenters. The number of rotatable bonds is 1. The van der Waals surface area contributed by atoms with E-state index in [2.05, 4.69) is 21.2 Å². The van der Waals surface area contributed by atoms with E-state index >= 15 is 0 Å². The summed E-state index contributed by atoms with van der Waals surface area (Å²) in [4.78, 5) is 14.5. The summed E-state index contributed by atoms with van der Waals surface area (Å²) in [5.74, 6) is 0.150. The zero-order chi connectivity index (χ0) is 12.5. The molecule has 4 heteroatoms. The third kappa shape index (κ3) is 2.31. The number of carbonyl (C=O) groups is 1. The highest BCUT2D eigenvalue weighted by atomic mass is 79.9. The predicted molar refractivity (Wildman–Crippen MR) is 74.6 cm³/mol. The first-order valence-electron chi connectivity index (χ1n) is 6.54. The number of halogens is 1. The fraction of sp³-hybridized carbons (Fsp3) is 0.500. The van der Waals surface area contributed by atoms with E-state index in [0.717, 1.165) is 29.5 Å². The topological polar surface area (TPSA) is 32.3 Å². The minimum absolute atomic E-state index is 0.150. The van der Waals surface area contributed by atoms with Crippen LogP contribution in [0.4, 0.5) is 0 Å². The minimum Gasteiger partial charge on any atom is -0.337 e. The maximum absolute atomic E-state index is 12.5. The van der Waals surface area contributed by atoms with Crippen molar-refractivity contribution in [2.75, 3.05) is 13.1 Å². The molecule has 2 bridgehead atoms. The van der Waals surface area contributed by atoms with E-state index in [0.29, 0.717) is 12.1 Å². The van der Waals surface area contributed by atoms with Crippen LogP contribution in [0, 0.1) is 0 Å². The standard InChI is InChI=1S/C14H17BrN2O/c15-13-4-2-1-3-12(13)14(18)17-8-7-10-5-6-11(9-17)16-10/h1-4,10-11,16H,5-9H2. The molecule has 0 saturated carbocycles. The van der Waals surface area contributed by atoms with E-state index < -0.39 is 0 Å². The second kappa shape index (κ2) is 5.02. The number of hydrogen-bond acceptors (Lipinski definition) is 2. The van der Waals surface area contributed by atoms with Crippen molar-refractivity contribution in [3.05, 3.63) is 34.3 Å².